The molecule has 0 aliphatic heterocycles. The third kappa shape index (κ3) is 13.2. The summed E-state index contributed by atoms with van der Waals surface area (Å²) in [7, 11) is 0. The van der Waals surface area contributed by atoms with Gasteiger partial charge < -0.3 is 0 Å². The molecule has 6 heteroatoms. The van der Waals surface area contributed by atoms with E-state index < -0.39 is 0 Å². The minimum absolute atomic E-state index is 0.992. The van der Waals surface area contributed by atoms with Crippen LogP contribution in [0.1, 0.15) is 0 Å². The molecule has 0 bridgehead atoms. The first-order valence-corrected chi connectivity index (χ1v) is 51.3. The highest BCUT2D eigenvalue weighted by Crippen LogP contribution is 2.52. The van der Waals surface area contributed by atoms with E-state index in [2.05, 4.69) is 535 Å². The second-order valence-corrected chi connectivity index (χ2v) is 39.8. The quantitative estimate of drug-likeness (QED) is 0.118. The van der Waals surface area contributed by atoms with Crippen LogP contribution in [0.25, 0.3) is 311 Å². The van der Waals surface area contributed by atoms with Crippen LogP contribution in [-0.4, -0.2) is 28.2 Å². The smallest absolute Gasteiger partial charge is 0.147 e. The second-order valence-electron chi connectivity index (χ2n) is 39.8. The molecule has 6 aromatic heterocycles. The molecule has 33 aromatic rings. The monoisotopic (exact) mass is 1890 g/mol. The summed E-state index contributed by atoms with van der Waals surface area (Å²) in [5, 5.41) is 38.3. The van der Waals surface area contributed by atoms with Gasteiger partial charge in [0.05, 0.1) is 49.7 Å². The van der Waals surface area contributed by atoms with Gasteiger partial charge in [0.2, 0.25) is 0 Å². The van der Waals surface area contributed by atoms with Crippen LogP contribution in [0, 0.1) is 0 Å². The predicted molar refractivity (Wildman–Crippen MR) is 634 cm³/mol. The van der Waals surface area contributed by atoms with Crippen molar-refractivity contribution in [2.75, 3.05) is 0 Å². The molecule has 6 heterocycles. The van der Waals surface area contributed by atoms with Gasteiger partial charge in [-0.25, -0.2) is 15.0 Å². The van der Waals surface area contributed by atoms with Gasteiger partial charge in [-0.05, 0) is 297 Å². The standard InChI is InChI=1S/C57H34N2.C47H28N2.C39H24N2/c1-3-14-38-31-42(23-21-35(38)11-1)54-46-17-7-8-18-47(46)55(43-24-22-36-12-2-4-15-39(36)32-43)50-33-40(27-30-49(50)54)41-26-28-45-48-29-25-37-13-5-6-16-44(37)56(48)57-58-51-19-9-10-20-52(51)59(57)53(45)34-41;1-3-15-32-29(12-1)14-11-21-35(32)45-38-19-7-5-17-36(38)44(37-18-6-8-20-39(37)45)31-25-26-34-40-27-24-30-13-2-4-16-33(30)46(40)47-48-41-22-9-10-23-42(41)49(47)43(34)28-31;1-2-10-27-22-30(17-16-25(27)8-1)28-11-7-12-29(23-28)31-19-20-33-34-21-18-26-9-3-4-13-32(26)38(34)39-40-35-14-5-6-15-36(35)41(39)37(33)24-31/h1-34H;1-28H;1-24H. The maximum Gasteiger partial charge on any atom is 0.147 e. The number of nitrogens with zero attached hydrogens (tertiary/aromatic N) is 6. The highest BCUT2D eigenvalue weighted by atomic mass is 15.0. The number of aromatic nitrogens is 6. The average molecular weight is 1890 g/mol. The Morgan fingerprint density at radius 2 is 0.362 bits per heavy atom. The lowest BCUT2D eigenvalue weighted by Gasteiger charge is -2.19. The number of imidazole rings is 3. The summed E-state index contributed by atoms with van der Waals surface area (Å²) in [5.41, 5.74) is 30.0. The topological polar surface area (TPSA) is 51.9 Å². The van der Waals surface area contributed by atoms with Crippen LogP contribution < -0.4 is 0 Å². The number of para-hydroxylation sites is 6. The molecule has 33 rings (SSSR count). The van der Waals surface area contributed by atoms with Crippen molar-refractivity contribution in [3.8, 4) is 77.9 Å². The third-order valence-corrected chi connectivity index (χ3v) is 31.7. The zero-order chi connectivity index (χ0) is 97.6. The Labute approximate surface area is 855 Å². The molecule has 0 aliphatic carbocycles. The fourth-order valence-electron chi connectivity index (χ4n) is 25.0. The number of rotatable bonds is 7. The number of fused-ring (bicyclic) bond motifs is 38. The third-order valence-electron chi connectivity index (χ3n) is 31.7. The van der Waals surface area contributed by atoms with E-state index in [-0.39, 0.29) is 0 Å². The fraction of sp³-hybridized carbons (Fsp3) is 0. The molecule has 0 radical (unpaired) electrons. The SMILES string of the molecule is c1cc(-c2ccc3ccccc3c2)cc(-c2ccc3c4ccc5ccccc5c4c4nc5ccccc5n4c3c2)c1.c1ccc2c(-c3c4ccccc4c(-c4ccc5c6ccc7ccccc7c6c6nc7ccccc7n6c5c4)c4ccccc34)cccc2c1.c1ccc2cc(-c3c4ccccc4c(-c4ccc5ccccc5c4)c4cc(-c5ccc6c7ccc8ccccc8c7c7nc8ccccc8n7c6c5)ccc34)ccc2c1. The van der Waals surface area contributed by atoms with Crippen LogP contribution in [0.4, 0.5) is 0 Å². The average Bonchev–Trinajstić information content (AvgIpc) is 1.63. The Hall–Kier alpha value is -19.8. The lowest BCUT2D eigenvalue weighted by Crippen LogP contribution is -1.95. The van der Waals surface area contributed by atoms with Gasteiger partial charge in [-0.1, -0.05) is 437 Å². The van der Waals surface area contributed by atoms with E-state index in [1.165, 1.54) is 250 Å². The highest BCUT2D eigenvalue weighted by Gasteiger charge is 2.27. The minimum Gasteiger partial charge on any atom is -0.292 e. The maximum atomic E-state index is 5.30. The van der Waals surface area contributed by atoms with Crippen LogP contribution >= 0.6 is 0 Å². The van der Waals surface area contributed by atoms with Gasteiger partial charge in [0.1, 0.15) is 16.9 Å². The summed E-state index contributed by atoms with van der Waals surface area (Å²) in [4.78, 5) is 15.8. The Bertz CT molecular complexity index is 11500. The van der Waals surface area contributed by atoms with E-state index in [0.29, 0.717) is 0 Å². The summed E-state index contributed by atoms with van der Waals surface area (Å²) in [6.07, 6.45) is 0. The lowest BCUT2D eigenvalue weighted by molar-refractivity contribution is 1.32. The molecule has 0 unspecified atom stereocenters. The lowest BCUT2D eigenvalue weighted by atomic mass is 9.84. The number of hydrogen-bond donors (Lipinski definition) is 0. The Balaban J connectivity index is 0.000000103. The largest absolute Gasteiger partial charge is 0.292 e. The van der Waals surface area contributed by atoms with Gasteiger partial charge in [-0.15, -0.1) is 0 Å². The van der Waals surface area contributed by atoms with Crippen LogP contribution in [0.5, 0.6) is 0 Å². The van der Waals surface area contributed by atoms with Gasteiger partial charge >= 0.3 is 0 Å². The molecule has 0 fully saturated rings. The molecular weight excluding hydrogens is 1800 g/mol. The maximum absolute atomic E-state index is 5.30. The van der Waals surface area contributed by atoms with E-state index in [1.54, 1.807) is 0 Å². The second kappa shape index (κ2) is 33.4. The molecule has 0 N–H and O–H groups in total. The Kier molecular flexibility index (Phi) is 18.8. The predicted octanol–water partition coefficient (Wildman–Crippen LogP) is 38.7. The summed E-state index contributed by atoms with van der Waals surface area (Å²) < 4.78 is 7.13. The van der Waals surface area contributed by atoms with Crippen molar-refractivity contribution in [2.45, 2.75) is 0 Å². The molecule has 0 saturated heterocycles. The van der Waals surface area contributed by atoms with Crippen LogP contribution in [0.15, 0.2) is 522 Å². The van der Waals surface area contributed by atoms with Gasteiger partial charge in [0.25, 0.3) is 0 Å². The molecule has 0 aliphatic rings. The number of pyridine rings is 3. The van der Waals surface area contributed by atoms with Crippen molar-refractivity contribution in [3.63, 3.8) is 0 Å². The van der Waals surface area contributed by atoms with E-state index in [0.717, 1.165) is 61.1 Å². The first-order chi connectivity index (χ1) is 73.9. The molecule has 27 aromatic carbocycles. The Morgan fingerprint density at radius 1 is 0.121 bits per heavy atom. The van der Waals surface area contributed by atoms with E-state index >= 15 is 0 Å². The molecule has 149 heavy (non-hydrogen) atoms. The number of benzene rings is 27. The van der Waals surface area contributed by atoms with E-state index in [1.807, 2.05) is 0 Å². The van der Waals surface area contributed by atoms with Gasteiger partial charge in [-0.3, -0.25) is 13.2 Å². The summed E-state index contributed by atoms with van der Waals surface area (Å²) in [6.45, 7) is 0. The number of hydrogen-bond acceptors (Lipinski definition) is 3. The Morgan fingerprint density at radius 3 is 0.772 bits per heavy atom. The summed E-state index contributed by atoms with van der Waals surface area (Å²) in [6, 6.07) is 191. The van der Waals surface area contributed by atoms with Crippen molar-refractivity contribution >= 4 is 234 Å². The van der Waals surface area contributed by atoms with Crippen molar-refractivity contribution in [1.82, 2.24) is 28.2 Å². The molecule has 0 spiro atoms. The molecule has 688 valence electrons. The summed E-state index contributed by atoms with van der Waals surface area (Å²) >= 11 is 0. The van der Waals surface area contributed by atoms with Gasteiger partial charge in [0.15, 0.2) is 0 Å². The van der Waals surface area contributed by atoms with Gasteiger partial charge in [0, 0.05) is 32.3 Å². The molecular formula is C143H86N6. The van der Waals surface area contributed by atoms with Crippen molar-refractivity contribution in [3.05, 3.63) is 522 Å². The zero-order valence-electron chi connectivity index (χ0n) is 80.8. The first kappa shape index (κ1) is 83.8. The van der Waals surface area contributed by atoms with Crippen molar-refractivity contribution < 1.29 is 0 Å². The minimum atomic E-state index is 0.992. The first-order valence-electron chi connectivity index (χ1n) is 51.3. The van der Waals surface area contributed by atoms with Crippen LogP contribution in [-0.2, 0) is 0 Å². The molecule has 0 saturated carbocycles. The molecule has 6 nitrogen and oxygen atoms in total. The summed E-state index contributed by atoms with van der Waals surface area (Å²) in [5.74, 6) is 0. The molecule has 0 amide bonds. The van der Waals surface area contributed by atoms with Crippen LogP contribution in [0.2, 0.25) is 0 Å². The zero-order valence-corrected chi connectivity index (χ0v) is 80.8. The fourth-order valence-corrected chi connectivity index (χ4v) is 25.0. The van der Waals surface area contributed by atoms with Crippen molar-refractivity contribution in [2.24, 2.45) is 0 Å². The van der Waals surface area contributed by atoms with Crippen molar-refractivity contribution in [1.29, 1.82) is 0 Å². The van der Waals surface area contributed by atoms with Crippen LogP contribution in [0.3, 0.4) is 0 Å². The highest BCUT2D eigenvalue weighted by molar-refractivity contribution is 6.30. The normalized spacial score (nSPS) is 12.0. The molecule has 0 atom stereocenters. The van der Waals surface area contributed by atoms with E-state index in [9.17, 15) is 0 Å². The van der Waals surface area contributed by atoms with Gasteiger partial charge in [-0.2, -0.15) is 0 Å². The van der Waals surface area contributed by atoms with E-state index in [4.69, 9.17) is 15.0 Å².